The predicted molar refractivity (Wildman–Crippen MR) is 137 cm³/mol. The zero-order valence-corrected chi connectivity index (χ0v) is 20.2. The van der Waals surface area contributed by atoms with Crippen molar-refractivity contribution in [1.29, 1.82) is 0 Å². The van der Waals surface area contributed by atoms with E-state index in [-0.39, 0.29) is 28.8 Å². The number of halogens is 1. The van der Waals surface area contributed by atoms with E-state index in [1.165, 1.54) is 48.6 Å². The number of esters is 2. The molecule has 3 aromatic carbocycles. The van der Waals surface area contributed by atoms with Gasteiger partial charge < -0.3 is 14.2 Å². The monoisotopic (exact) mass is 518 g/mol. The summed E-state index contributed by atoms with van der Waals surface area (Å²) >= 11 is 6.17. The number of rotatable bonds is 8. The van der Waals surface area contributed by atoms with Gasteiger partial charge in [0.15, 0.2) is 17.2 Å². The Morgan fingerprint density at radius 3 is 2.51 bits per heavy atom. The second kappa shape index (κ2) is 11.3. The number of nitrogens with zero attached hydrogens (tertiary/aromatic N) is 2. The van der Waals surface area contributed by atoms with Crippen LogP contribution in [0.15, 0.2) is 83.5 Å². The van der Waals surface area contributed by atoms with Crippen molar-refractivity contribution in [3.8, 4) is 11.5 Å². The molecule has 0 atom stereocenters. The molecule has 0 unspecified atom stereocenters. The second-order valence-electron chi connectivity index (χ2n) is 7.56. The van der Waals surface area contributed by atoms with Crippen LogP contribution in [0.4, 0.5) is 5.69 Å². The van der Waals surface area contributed by atoms with Gasteiger partial charge in [0.25, 0.3) is 5.69 Å². The summed E-state index contributed by atoms with van der Waals surface area (Å²) in [5, 5.41) is 11.2. The number of nitro groups is 1. The fraction of sp³-hybridized carbons (Fsp3) is 0.0741. The number of hydrogen-bond donors (Lipinski definition) is 0. The van der Waals surface area contributed by atoms with Gasteiger partial charge in [0, 0.05) is 18.2 Å². The molecule has 1 heterocycles. The lowest BCUT2D eigenvalue weighted by Crippen LogP contribution is -2.06. The third kappa shape index (κ3) is 6.28. The van der Waals surface area contributed by atoms with Crippen molar-refractivity contribution in [2.45, 2.75) is 6.92 Å². The van der Waals surface area contributed by atoms with Crippen LogP contribution in [-0.4, -0.2) is 29.4 Å². The first-order valence-electron chi connectivity index (χ1n) is 11.0. The normalized spacial score (nSPS) is 13.9. The van der Waals surface area contributed by atoms with Gasteiger partial charge in [0.1, 0.15) is 0 Å². The molecule has 0 saturated carbocycles. The number of cyclic esters (lactones) is 1. The van der Waals surface area contributed by atoms with E-state index in [9.17, 15) is 19.7 Å². The molecule has 186 valence electrons. The van der Waals surface area contributed by atoms with Gasteiger partial charge in [-0.15, -0.1) is 0 Å². The maximum atomic E-state index is 12.3. The quantitative estimate of drug-likeness (QED) is 0.125. The highest BCUT2D eigenvalue weighted by Gasteiger charge is 2.25. The van der Waals surface area contributed by atoms with E-state index in [1.54, 1.807) is 43.3 Å². The van der Waals surface area contributed by atoms with Gasteiger partial charge in [0.2, 0.25) is 5.90 Å². The molecule has 0 spiro atoms. The van der Waals surface area contributed by atoms with Gasteiger partial charge in [-0.3, -0.25) is 10.1 Å². The van der Waals surface area contributed by atoms with Crippen molar-refractivity contribution in [1.82, 2.24) is 0 Å². The minimum absolute atomic E-state index is 0.0483. The van der Waals surface area contributed by atoms with Crippen molar-refractivity contribution in [2.75, 3.05) is 6.61 Å². The van der Waals surface area contributed by atoms with Crippen LogP contribution in [0.5, 0.6) is 11.5 Å². The first-order chi connectivity index (χ1) is 17.8. The highest BCUT2D eigenvalue weighted by molar-refractivity contribution is 6.34. The Hall–Kier alpha value is -4.76. The van der Waals surface area contributed by atoms with E-state index in [0.717, 1.165) is 0 Å². The number of non-ortho nitro benzene ring substituents is 1. The molecule has 37 heavy (non-hydrogen) atoms. The maximum absolute atomic E-state index is 12.3. The Labute approximate surface area is 216 Å². The predicted octanol–water partition coefficient (Wildman–Crippen LogP) is 5.61. The molecule has 0 aliphatic carbocycles. The van der Waals surface area contributed by atoms with Gasteiger partial charge in [-0.1, -0.05) is 29.8 Å². The highest BCUT2D eigenvalue weighted by atomic mass is 35.5. The van der Waals surface area contributed by atoms with Crippen molar-refractivity contribution >= 4 is 47.3 Å². The van der Waals surface area contributed by atoms with Crippen LogP contribution in [0.1, 0.15) is 23.6 Å². The zero-order valence-electron chi connectivity index (χ0n) is 19.4. The number of carbonyl (C=O) groups excluding carboxylic acids is 2. The minimum atomic E-state index is -0.668. The lowest BCUT2D eigenvalue weighted by molar-refractivity contribution is -0.384. The summed E-state index contributed by atoms with van der Waals surface area (Å²) < 4.78 is 16.3. The Morgan fingerprint density at radius 2 is 1.81 bits per heavy atom. The van der Waals surface area contributed by atoms with Crippen LogP contribution < -0.4 is 9.47 Å². The highest BCUT2D eigenvalue weighted by Crippen LogP contribution is 2.31. The Bertz CT molecular complexity index is 1460. The Morgan fingerprint density at radius 1 is 1.08 bits per heavy atom. The number of carbonyl (C=O) groups is 2. The maximum Gasteiger partial charge on any atom is 0.363 e. The molecule has 0 fully saturated rings. The van der Waals surface area contributed by atoms with Crippen LogP contribution in [0.3, 0.4) is 0 Å². The van der Waals surface area contributed by atoms with E-state index in [4.69, 9.17) is 25.8 Å². The Balaban J connectivity index is 1.51. The third-order valence-corrected chi connectivity index (χ3v) is 5.35. The van der Waals surface area contributed by atoms with E-state index < -0.39 is 16.9 Å². The smallest absolute Gasteiger partial charge is 0.363 e. The van der Waals surface area contributed by atoms with Gasteiger partial charge >= 0.3 is 11.9 Å². The SMILES string of the molecule is CCOc1cc(/C=C2\N=C(c3ccccc3Cl)OC2=O)ccc1OC(=O)/C=C/c1ccc([N+](=O)[O-])cc1. The van der Waals surface area contributed by atoms with Gasteiger partial charge in [-0.2, -0.15) is 0 Å². The van der Waals surface area contributed by atoms with Crippen molar-refractivity contribution < 1.29 is 28.7 Å². The van der Waals surface area contributed by atoms with Crippen LogP contribution >= 0.6 is 11.6 Å². The van der Waals surface area contributed by atoms with Crippen molar-refractivity contribution in [3.63, 3.8) is 0 Å². The summed E-state index contributed by atoms with van der Waals surface area (Å²) in [6, 6.07) is 17.4. The van der Waals surface area contributed by atoms with E-state index in [2.05, 4.69) is 4.99 Å². The Kier molecular flexibility index (Phi) is 7.75. The molecule has 0 saturated heterocycles. The molecule has 0 aromatic heterocycles. The number of nitro benzene ring substituents is 1. The summed E-state index contributed by atoms with van der Waals surface area (Å²) in [5.74, 6) is -0.719. The molecule has 0 radical (unpaired) electrons. The molecule has 3 aromatic rings. The molecule has 0 amide bonds. The summed E-state index contributed by atoms with van der Waals surface area (Å²) in [6.45, 7) is 2.08. The van der Waals surface area contributed by atoms with Crippen molar-refractivity contribution in [2.24, 2.45) is 4.99 Å². The van der Waals surface area contributed by atoms with E-state index in [1.807, 2.05) is 0 Å². The lowest BCUT2D eigenvalue weighted by atomic mass is 10.1. The summed E-state index contributed by atoms with van der Waals surface area (Å²) in [4.78, 5) is 39.2. The molecule has 0 bridgehead atoms. The molecule has 10 heteroatoms. The number of aliphatic imine (C=N–C) groups is 1. The minimum Gasteiger partial charge on any atom is -0.490 e. The fourth-order valence-electron chi connectivity index (χ4n) is 3.30. The molecular weight excluding hydrogens is 500 g/mol. The fourth-order valence-corrected chi connectivity index (χ4v) is 3.51. The standard InChI is InChI=1S/C27H19ClN2O7/c1-2-35-24-16-18(15-22-27(32)37-26(29-22)20-5-3-4-6-21(20)28)9-13-23(24)36-25(31)14-10-17-7-11-19(12-8-17)30(33)34/h3-16H,2H2,1H3/b14-10+,22-15-. The molecule has 0 N–H and O–H groups in total. The largest absolute Gasteiger partial charge is 0.490 e. The van der Waals surface area contributed by atoms with Crippen LogP contribution in [0.2, 0.25) is 5.02 Å². The van der Waals surface area contributed by atoms with Gasteiger partial charge in [-0.05, 0) is 66.6 Å². The van der Waals surface area contributed by atoms with Gasteiger partial charge in [0.05, 0.1) is 22.1 Å². The van der Waals surface area contributed by atoms with Crippen LogP contribution in [-0.2, 0) is 14.3 Å². The molecular formula is C27H19ClN2O7. The summed E-state index contributed by atoms with van der Waals surface area (Å²) in [6.07, 6.45) is 4.20. The average Bonchev–Trinajstić information content (AvgIpc) is 3.24. The van der Waals surface area contributed by atoms with Crippen LogP contribution in [0, 0.1) is 10.1 Å². The number of ether oxygens (including phenoxy) is 3. The molecule has 1 aliphatic heterocycles. The average molecular weight is 519 g/mol. The third-order valence-electron chi connectivity index (χ3n) is 5.02. The lowest BCUT2D eigenvalue weighted by Gasteiger charge is -2.10. The van der Waals surface area contributed by atoms with E-state index >= 15 is 0 Å². The number of hydrogen-bond acceptors (Lipinski definition) is 8. The second-order valence-corrected chi connectivity index (χ2v) is 7.97. The molecule has 1 aliphatic rings. The first-order valence-corrected chi connectivity index (χ1v) is 11.4. The first kappa shape index (κ1) is 25.3. The molecule has 4 rings (SSSR count). The number of benzene rings is 3. The van der Waals surface area contributed by atoms with Gasteiger partial charge in [-0.25, -0.2) is 14.6 Å². The van der Waals surface area contributed by atoms with E-state index in [0.29, 0.717) is 28.3 Å². The summed E-state index contributed by atoms with van der Waals surface area (Å²) in [7, 11) is 0. The zero-order chi connectivity index (χ0) is 26.4. The van der Waals surface area contributed by atoms with Crippen molar-refractivity contribution in [3.05, 3.63) is 110 Å². The topological polar surface area (TPSA) is 117 Å². The molecule has 9 nitrogen and oxygen atoms in total. The van der Waals surface area contributed by atoms with Crippen LogP contribution in [0.25, 0.3) is 12.2 Å². The summed E-state index contributed by atoms with van der Waals surface area (Å²) in [5.41, 5.74) is 1.69.